The van der Waals surface area contributed by atoms with Gasteiger partial charge >= 0.3 is 6.18 Å². The first-order chi connectivity index (χ1) is 19.1. The van der Waals surface area contributed by atoms with Gasteiger partial charge in [-0.25, -0.2) is 4.39 Å². The van der Waals surface area contributed by atoms with E-state index >= 15 is 0 Å². The SMILES string of the molecule is O=C(COc1ccc(Cl)cc1)NCc1nnc(SCC(=O)Nc2ccc(F)cc2)n1-c1cccc(C(F)(F)F)c1. The first kappa shape index (κ1) is 28.9. The summed E-state index contributed by atoms with van der Waals surface area (Å²) in [4.78, 5) is 24.8. The molecule has 4 rings (SSSR count). The molecule has 208 valence electrons. The number of nitrogens with zero attached hydrogens (tertiary/aromatic N) is 3. The molecule has 8 nitrogen and oxygen atoms in total. The zero-order valence-corrected chi connectivity index (χ0v) is 22.0. The maximum absolute atomic E-state index is 13.4. The van der Waals surface area contributed by atoms with E-state index in [1.807, 2.05) is 0 Å². The molecule has 2 amide bonds. The number of nitrogens with one attached hydrogen (secondary N) is 2. The molecule has 4 aromatic rings. The molecule has 2 N–H and O–H groups in total. The van der Waals surface area contributed by atoms with Crippen molar-refractivity contribution in [2.75, 3.05) is 17.7 Å². The Morgan fingerprint density at radius 1 is 0.975 bits per heavy atom. The third kappa shape index (κ3) is 7.96. The van der Waals surface area contributed by atoms with Crippen LogP contribution in [0.3, 0.4) is 0 Å². The van der Waals surface area contributed by atoms with Gasteiger partial charge in [0.15, 0.2) is 17.6 Å². The lowest BCUT2D eigenvalue weighted by Crippen LogP contribution is -2.29. The summed E-state index contributed by atoms with van der Waals surface area (Å²) in [6.07, 6.45) is -4.60. The number of ether oxygens (including phenoxy) is 1. The molecule has 0 radical (unpaired) electrons. The topological polar surface area (TPSA) is 98.1 Å². The molecule has 0 bridgehead atoms. The molecular weight excluding hydrogens is 574 g/mol. The highest BCUT2D eigenvalue weighted by Crippen LogP contribution is 2.31. The van der Waals surface area contributed by atoms with Crippen molar-refractivity contribution in [3.05, 3.63) is 95.0 Å². The van der Waals surface area contributed by atoms with E-state index in [1.54, 1.807) is 24.3 Å². The summed E-state index contributed by atoms with van der Waals surface area (Å²) < 4.78 is 60.0. The van der Waals surface area contributed by atoms with Crippen molar-refractivity contribution in [1.29, 1.82) is 0 Å². The Hall–Kier alpha value is -4.10. The third-order valence-electron chi connectivity index (χ3n) is 5.22. The molecule has 40 heavy (non-hydrogen) atoms. The van der Waals surface area contributed by atoms with E-state index in [4.69, 9.17) is 16.3 Å². The fraction of sp³-hybridized carbons (Fsp3) is 0.154. The summed E-state index contributed by atoms with van der Waals surface area (Å²) in [6, 6.07) is 16.0. The number of hydrogen-bond donors (Lipinski definition) is 2. The first-order valence-electron chi connectivity index (χ1n) is 11.5. The van der Waals surface area contributed by atoms with Crippen LogP contribution in [-0.2, 0) is 22.3 Å². The summed E-state index contributed by atoms with van der Waals surface area (Å²) in [6.45, 7) is -0.515. The third-order valence-corrected chi connectivity index (χ3v) is 6.40. The molecule has 1 aromatic heterocycles. The van der Waals surface area contributed by atoms with E-state index in [9.17, 15) is 27.2 Å². The molecule has 0 unspecified atom stereocenters. The molecule has 3 aromatic carbocycles. The lowest BCUT2D eigenvalue weighted by molar-refractivity contribution is -0.137. The second-order valence-electron chi connectivity index (χ2n) is 8.15. The van der Waals surface area contributed by atoms with Crippen molar-refractivity contribution in [3.8, 4) is 11.4 Å². The van der Waals surface area contributed by atoms with E-state index in [0.717, 1.165) is 23.9 Å². The molecule has 0 fully saturated rings. The van der Waals surface area contributed by atoms with Crippen molar-refractivity contribution in [1.82, 2.24) is 20.1 Å². The second kappa shape index (κ2) is 12.8. The average Bonchev–Trinajstić information content (AvgIpc) is 3.34. The van der Waals surface area contributed by atoms with Gasteiger partial charge in [-0.15, -0.1) is 10.2 Å². The van der Waals surface area contributed by atoms with Gasteiger partial charge in [-0.3, -0.25) is 14.2 Å². The van der Waals surface area contributed by atoms with E-state index < -0.39 is 29.4 Å². The molecule has 0 saturated heterocycles. The number of alkyl halides is 3. The predicted octanol–water partition coefficient (Wildman–Crippen LogP) is 5.50. The van der Waals surface area contributed by atoms with Crippen molar-refractivity contribution in [2.45, 2.75) is 17.9 Å². The van der Waals surface area contributed by atoms with Crippen LogP contribution in [0.1, 0.15) is 11.4 Å². The van der Waals surface area contributed by atoms with Crippen LogP contribution in [0.15, 0.2) is 78.0 Å². The van der Waals surface area contributed by atoms with Crippen molar-refractivity contribution in [2.24, 2.45) is 0 Å². The van der Waals surface area contributed by atoms with Gasteiger partial charge in [0, 0.05) is 10.7 Å². The number of rotatable bonds is 10. The normalized spacial score (nSPS) is 11.2. The smallest absolute Gasteiger partial charge is 0.416 e. The lowest BCUT2D eigenvalue weighted by Gasteiger charge is -2.14. The minimum Gasteiger partial charge on any atom is -0.484 e. The maximum Gasteiger partial charge on any atom is 0.416 e. The van der Waals surface area contributed by atoms with E-state index in [1.165, 1.54) is 41.0 Å². The fourth-order valence-electron chi connectivity index (χ4n) is 3.36. The van der Waals surface area contributed by atoms with Gasteiger partial charge in [0.1, 0.15) is 11.6 Å². The predicted molar refractivity (Wildman–Crippen MR) is 141 cm³/mol. The number of carbonyl (C=O) groups excluding carboxylic acids is 2. The van der Waals surface area contributed by atoms with Crippen LogP contribution in [0, 0.1) is 5.82 Å². The molecule has 14 heteroatoms. The minimum atomic E-state index is -4.60. The largest absolute Gasteiger partial charge is 0.484 e. The maximum atomic E-state index is 13.4. The van der Waals surface area contributed by atoms with Gasteiger partial charge in [-0.05, 0) is 66.7 Å². The fourth-order valence-corrected chi connectivity index (χ4v) is 4.25. The number of aromatic nitrogens is 3. The molecule has 0 aliphatic heterocycles. The molecular formula is C26H20ClF4N5O3S. The number of benzene rings is 3. The minimum absolute atomic E-state index is 0.0860. The molecule has 0 atom stereocenters. The summed E-state index contributed by atoms with van der Waals surface area (Å²) in [5.41, 5.74) is -0.437. The van der Waals surface area contributed by atoms with E-state index in [2.05, 4.69) is 20.8 Å². The number of thioether (sulfide) groups is 1. The number of carbonyl (C=O) groups is 2. The zero-order chi connectivity index (χ0) is 28.7. The van der Waals surface area contributed by atoms with Crippen molar-refractivity contribution in [3.63, 3.8) is 0 Å². The number of amides is 2. The Labute approximate surface area is 234 Å². The molecule has 0 spiro atoms. The number of anilines is 1. The molecule has 0 aliphatic rings. The Bertz CT molecular complexity index is 1480. The Balaban J connectivity index is 1.48. The van der Waals surface area contributed by atoms with Crippen LogP contribution in [0.4, 0.5) is 23.2 Å². The van der Waals surface area contributed by atoms with Crippen LogP contribution >= 0.6 is 23.4 Å². The first-order valence-corrected chi connectivity index (χ1v) is 12.9. The zero-order valence-electron chi connectivity index (χ0n) is 20.4. The highest BCUT2D eigenvalue weighted by Gasteiger charge is 2.31. The van der Waals surface area contributed by atoms with Crippen LogP contribution in [-0.4, -0.2) is 38.9 Å². The summed E-state index contributed by atoms with van der Waals surface area (Å²) in [7, 11) is 0. The summed E-state index contributed by atoms with van der Waals surface area (Å²) >= 11 is 6.75. The number of hydrogen-bond acceptors (Lipinski definition) is 6. The Morgan fingerprint density at radius 3 is 2.40 bits per heavy atom. The van der Waals surface area contributed by atoms with Crippen LogP contribution in [0.2, 0.25) is 5.02 Å². The molecule has 1 heterocycles. The van der Waals surface area contributed by atoms with E-state index in [0.29, 0.717) is 16.5 Å². The molecule has 0 aliphatic carbocycles. The van der Waals surface area contributed by atoms with Crippen LogP contribution in [0.25, 0.3) is 5.69 Å². The van der Waals surface area contributed by atoms with Gasteiger partial charge in [-0.2, -0.15) is 13.2 Å². The van der Waals surface area contributed by atoms with Crippen molar-refractivity contribution >= 4 is 40.9 Å². The van der Waals surface area contributed by atoms with Crippen LogP contribution < -0.4 is 15.4 Å². The summed E-state index contributed by atoms with van der Waals surface area (Å²) in [5.74, 6) is -1.05. The van der Waals surface area contributed by atoms with Gasteiger partial charge in [-0.1, -0.05) is 29.4 Å². The second-order valence-corrected chi connectivity index (χ2v) is 9.52. The standard InChI is InChI=1S/C26H20ClF4N5O3S/c27-17-4-10-21(11-5-17)39-14-23(37)32-13-22-34-35-25(36(22)20-3-1-2-16(12-20)26(29,30)31)40-15-24(38)33-19-8-6-18(28)7-9-19/h1-12H,13-15H2,(H,32,37)(H,33,38). The number of halogens is 5. The Morgan fingerprint density at radius 2 is 1.70 bits per heavy atom. The average molecular weight is 594 g/mol. The van der Waals surface area contributed by atoms with Gasteiger partial charge in [0.25, 0.3) is 5.91 Å². The van der Waals surface area contributed by atoms with Crippen molar-refractivity contribution < 1.29 is 31.9 Å². The molecule has 0 saturated carbocycles. The highest BCUT2D eigenvalue weighted by molar-refractivity contribution is 7.99. The lowest BCUT2D eigenvalue weighted by atomic mass is 10.2. The quantitative estimate of drug-likeness (QED) is 0.186. The summed E-state index contributed by atoms with van der Waals surface area (Å²) in [5, 5.41) is 13.9. The van der Waals surface area contributed by atoms with Gasteiger partial charge < -0.3 is 15.4 Å². The Kier molecular flexibility index (Phi) is 9.27. The van der Waals surface area contributed by atoms with Gasteiger partial charge in [0.2, 0.25) is 5.91 Å². The highest BCUT2D eigenvalue weighted by atomic mass is 35.5. The van der Waals surface area contributed by atoms with E-state index in [-0.39, 0.29) is 35.6 Å². The van der Waals surface area contributed by atoms with Gasteiger partial charge in [0.05, 0.1) is 23.5 Å². The van der Waals surface area contributed by atoms with Crippen LogP contribution in [0.5, 0.6) is 5.75 Å². The monoisotopic (exact) mass is 593 g/mol.